The van der Waals surface area contributed by atoms with Crippen molar-refractivity contribution in [2.24, 2.45) is 0 Å². The molecule has 104 valence electrons. The van der Waals surface area contributed by atoms with Gasteiger partial charge in [-0.2, -0.15) is 0 Å². The SMILES string of the molecule is CCN(CC1CCCCN1)C1CCc2ccccc21. The lowest BCUT2D eigenvalue weighted by Gasteiger charge is -2.34. The summed E-state index contributed by atoms with van der Waals surface area (Å²) in [7, 11) is 0. The van der Waals surface area contributed by atoms with Gasteiger partial charge in [-0.15, -0.1) is 0 Å². The number of aryl methyl sites for hydroxylation is 1. The summed E-state index contributed by atoms with van der Waals surface area (Å²) >= 11 is 0. The summed E-state index contributed by atoms with van der Waals surface area (Å²) in [6.45, 7) is 5.90. The molecule has 0 amide bonds. The van der Waals surface area contributed by atoms with Crippen molar-refractivity contribution in [2.45, 2.75) is 51.1 Å². The molecule has 1 saturated heterocycles. The van der Waals surface area contributed by atoms with E-state index < -0.39 is 0 Å². The quantitative estimate of drug-likeness (QED) is 0.892. The van der Waals surface area contributed by atoms with Crippen LogP contribution >= 0.6 is 0 Å². The molecule has 0 radical (unpaired) electrons. The molecular formula is C17H26N2. The van der Waals surface area contributed by atoms with Gasteiger partial charge in [-0.3, -0.25) is 4.90 Å². The number of likely N-dealkylation sites (N-methyl/N-ethyl adjacent to an activating group) is 1. The van der Waals surface area contributed by atoms with E-state index in [0.717, 1.165) is 6.54 Å². The van der Waals surface area contributed by atoms with Gasteiger partial charge in [0.1, 0.15) is 0 Å². The van der Waals surface area contributed by atoms with Crippen LogP contribution in [-0.4, -0.2) is 30.6 Å². The van der Waals surface area contributed by atoms with Crippen molar-refractivity contribution in [3.63, 3.8) is 0 Å². The normalized spacial score (nSPS) is 26.6. The molecule has 1 aliphatic carbocycles. The fourth-order valence-corrected chi connectivity index (χ4v) is 3.75. The Balaban J connectivity index is 1.69. The minimum Gasteiger partial charge on any atom is -0.313 e. The van der Waals surface area contributed by atoms with Crippen LogP contribution in [0.2, 0.25) is 0 Å². The summed E-state index contributed by atoms with van der Waals surface area (Å²) in [4.78, 5) is 2.69. The van der Waals surface area contributed by atoms with E-state index in [9.17, 15) is 0 Å². The first kappa shape index (κ1) is 13.1. The van der Waals surface area contributed by atoms with E-state index in [-0.39, 0.29) is 0 Å². The Morgan fingerprint density at radius 1 is 1.21 bits per heavy atom. The Bertz CT molecular complexity index is 409. The molecule has 0 spiro atoms. The molecule has 2 heteroatoms. The lowest BCUT2D eigenvalue weighted by atomic mass is 10.0. The predicted molar refractivity (Wildman–Crippen MR) is 80.4 cm³/mol. The smallest absolute Gasteiger partial charge is 0.0354 e. The molecule has 1 N–H and O–H groups in total. The van der Waals surface area contributed by atoms with Crippen LogP contribution in [0.3, 0.4) is 0 Å². The zero-order valence-electron chi connectivity index (χ0n) is 12.1. The van der Waals surface area contributed by atoms with Crippen molar-refractivity contribution in [1.29, 1.82) is 0 Å². The van der Waals surface area contributed by atoms with Crippen LogP contribution in [0.1, 0.15) is 49.8 Å². The first-order chi connectivity index (χ1) is 9.38. The molecule has 2 nitrogen and oxygen atoms in total. The van der Waals surface area contributed by atoms with Crippen LogP contribution < -0.4 is 5.32 Å². The molecule has 2 unspecified atom stereocenters. The summed E-state index contributed by atoms with van der Waals surface area (Å²) < 4.78 is 0. The van der Waals surface area contributed by atoms with E-state index in [1.54, 1.807) is 11.1 Å². The Labute approximate surface area is 117 Å². The van der Waals surface area contributed by atoms with E-state index in [1.807, 2.05) is 0 Å². The van der Waals surface area contributed by atoms with E-state index in [0.29, 0.717) is 12.1 Å². The molecule has 1 aliphatic heterocycles. The molecule has 0 bridgehead atoms. The van der Waals surface area contributed by atoms with Gasteiger partial charge in [0.15, 0.2) is 0 Å². The van der Waals surface area contributed by atoms with Crippen molar-refractivity contribution < 1.29 is 0 Å². The third kappa shape index (κ3) is 2.85. The fourth-order valence-electron chi connectivity index (χ4n) is 3.75. The van der Waals surface area contributed by atoms with E-state index in [4.69, 9.17) is 0 Å². The van der Waals surface area contributed by atoms with Crippen LogP contribution in [0.25, 0.3) is 0 Å². The summed E-state index contributed by atoms with van der Waals surface area (Å²) in [6, 6.07) is 10.4. The Morgan fingerprint density at radius 2 is 2.11 bits per heavy atom. The first-order valence-corrected chi connectivity index (χ1v) is 7.93. The second-order valence-corrected chi connectivity index (χ2v) is 5.99. The average molecular weight is 258 g/mol. The van der Waals surface area contributed by atoms with Gasteiger partial charge >= 0.3 is 0 Å². The van der Waals surface area contributed by atoms with Crippen molar-refractivity contribution >= 4 is 0 Å². The van der Waals surface area contributed by atoms with Crippen molar-refractivity contribution in [2.75, 3.05) is 19.6 Å². The monoisotopic (exact) mass is 258 g/mol. The van der Waals surface area contributed by atoms with Gasteiger partial charge in [-0.05, 0) is 49.9 Å². The minimum atomic E-state index is 0.657. The maximum Gasteiger partial charge on any atom is 0.0354 e. The first-order valence-electron chi connectivity index (χ1n) is 7.93. The highest BCUT2D eigenvalue weighted by Gasteiger charge is 2.28. The largest absolute Gasteiger partial charge is 0.313 e. The summed E-state index contributed by atoms with van der Waals surface area (Å²) in [5.41, 5.74) is 3.16. The molecule has 2 atom stereocenters. The van der Waals surface area contributed by atoms with Gasteiger partial charge < -0.3 is 5.32 Å². The number of nitrogens with one attached hydrogen (secondary N) is 1. The summed E-state index contributed by atoms with van der Waals surface area (Å²) in [5.74, 6) is 0. The molecule has 0 saturated carbocycles. The Morgan fingerprint density at radius 3 is 2.89 bits per heavy atom. The molecular weight excluding hydrogens is 232 g/mol. The molecule has 1 aromatic carbocycles. The number of fused-ring (bicyclic) bond motifs is 1. The lowest BCUT2D eigenvalue weighted by molar-refractivity contribution is 0.173. The van der Waals surface area contributed by atoms with Crippen LogP contribution in [0.5, 0.6) is 0 Å². The van der Waals surface area contributed by atoms with E-state index in [1.165, 1.54) is 45.2 Å². The molecule has 0 aromatic heterocycles. The summed E-state index contributed by atoms with van der Waals surface area (Å²) in [5, 5.41) is 3.69. The van der Waals surface area contributed by atoms with Crippen molar-refractivity contribution in [1.82, 2.24) is 10.2 Å². The number of piperidine rings is 1. The molecule has 1 fully saturated rings. The van der Waals surface area contributed by atoms with Crippen molar-refractivity contribution in [3.05, 3.63) is 35.4 Å². The molecule has 1 aromatic rings. The highest BCUT2D eigenvalue weighted by Crippen LogP contribution is 2.35. The highest BCUT2D eigenvalue weighted by atomic mass is 15.2. The molecule has 19 heavy (non-hydrogen) atoms. The minimum absolute atomic E-state index is 0.657. The van der Waals surface area contributed by atoms with Gasteiger partial charge in [0.05, 0.1) is 0 Å². The zero-order chi connectivity index (χ0) is 13.1. The topological polar surface area (TPSA) is 15.3 Å². The fraction of sp³-hybridized carbons (Fsp3) is 0.647. The van der Waals surface area contributed by atoms with Crippen LogP contribution in [-0.2, 0) is 6.42 Å². The standard InChI is InChI=1S/C17H26N2/c1-2-19(13-15-8-5-6-12-18-15)17-11-10-14-7-3-4-9-16(14)17/h3-4,7,9,15,17-18H,2,5-6,8,10-13H2,1H3. The van der Waals surface area contributed by atoms with Crippen LogP contribution in [0.4, 0.5) is 0 Å². The number of hydrogen-bond donors (Lipinski definition) is 1. The van der Waals surface area contributed by atoms with E-state index >= 15 is 0 Å². The number of benzene rings is 1. The molecule has 1 heterocycles. The predicted octanol–water partition coefficient (Wildman–Crippen LogP) is 3.14. The van der Waals surface area contributed by atoms with Crippen LogP contribution in [0.15, 0.2) is 24.3 Å². The number of hydrogen-bond acceptors (Lipinski definition) is 2. The van der Waals surface area contributed by atoms with Gasteiger partial charge in [0, 0.05) is 18.6 Å². The highest BCUT2D eigenvalue weighted by molar-refractivity contribution is 5.34. The second-order valence-electron chi connectivity index (χ2n) is 5.99. The maximum absolute atomic E-state index is 3.69. The van der Waals surface area contributed by atoms with E-state index in [2.05, 4.69) is 41.4 Å². The average Bonchev–Trinajstić information content (AvgIpc) is 2.90. The number of nitrogens with zero attached hydrogens (tertiary/aromatic N) is 1. The molecule has 3 rings (SSSR count). The van der Waals surface area contributed by atoms with Gasteiger partial charge in [0.2, 0.25) is 0 Å². The zero-order valence-corrected chi connectivity index (χ0v) is 12.1. The lowest BCUT2D eigenvalue weighted by Crippen LogP contribution is -2.44. The van der Waals surface area contributed by atoms with Gasteiger partial charge in [-0.1, -0.05) is 37.6 Å². The Hall–Kier alpha value is -0.860. The maximum atomic E-state index is 3.69. The Kier molecular flexibility index (Phi) is 4.19. The van der Waals surface area contributed by atoms with Crippen molar-refractivity contribution in [3.8, 4) is 0 Å². The van der Waals surface area contributed by atoms with Gasteiger partial charge in [0.25, 0.3) is 0 Å². The molecule has 2 aliphatic rings. The second kappa shape index (κ2) is 6.06. The summed E-state index contributed by atoms with van der Waals surface area (Å²) in [6.07, 6.45) is 6.67. The number of rotatable bonds is 4. The third-order valence-electron chi connectivity index (χ3n) is 4.82. The van der Waals surface area contributed by atoms with Gasteiger partial charge in [-0.25, -0.2) is 0 Å². The third-order valence-corrected chi connectivity index (χ3v) is 4.82. The van der Waals surface area contributed by atoms with Crippen LogP contribution in [0, 0.1) is 0 Å².